The fourth-order valence-electron chi connectivity index (χ4n) is 1.94. The van der Waals surface area contributed by atoms with Crippen LogP contribution in [0, 0.1) is 5.82 Å². The Bertz CT molecular complexity index is 539. The van der Waals surface area contributed by atoms with E-state index in [0.717, 1.165) is 12.1 Å². The van der Waals surface area contributed by atoms with E-state index in [1.807, 2.05) is 19.3 Å². The molecule has 0 amide bonds. The molecular formula is C14H18FN3O. The Hall–Kier alpha value is -1.72. The lowest BCUT2D eigenvalue weighted by Gasteiger charge is -2.05. The molecule has 0 bridgehead atoms. The monoisotopic (exact) mass is 263 g/mol. The molecule has 0 aliphatic carbocycles. The molecule has 102 valence electrons. The average Bonchev–Trinajstić information content (AvgIpc) is 2.76. The molecule has 0 fully saturated rings. The molecule has 0 unspecified atom stereocenters. The normalized spacial score (nSPS) is 10.9. The van der Waals surface area contributed by atoms with E-state index in [4.69, 9.17) is 4.74 Å². The number of nitrogens with one attached hydrogen (secondary N) is 1. The minimum absolute atomic E-state index is 0.251. The summed E-state index contributed by atoms with van der Waals surface area (Å²) in [6.45, 7) is 2.04. The van der Waals surface area contributed by atoms with Crippen LogP contribution in [-0.4, -0.2) is 30.0 Å². The summed E-state index contributed by atoms with van der Waals surface area (Å²) in [5, 5.41) is 7.59. The number of aromatic nitrogens is 2. The first-order chi connectivity index (χ1) is 9.22. The number of hydrogen-bond acceptors (Lipinski definition) is 3. The molecule has 0 atom stereocenters. The Morgan fingerprint density at radius 2 is 2.16 bits per heavy atom. The molecule has 0 aliphatic heterocycles. The van der Waals surface area contributed by atoms with Crippen LogP contribution in [0.15, 0.2) is 30.5 Å². The Balaban J connectivity index is 2.19. The number of rotatable bonds is 6. The van der Waals surface area contributed by atoms with E-state index in [-0.39, 0.29) is 5.82 Å². The minimum atomic E-state index is -0.251. The molecule has 0 aliphatic rings. The molecule has 0 radical (unpaired) electrons. The van der Waals surface area contributed by atoms with Gasteiger partial charge in [-0.25, -0.2) is 4.39 Å². The maximum absolute atomic E-state index is 13.8. The van der Waals surface area contributed by atoms with Crippen LogP contribution >= 0.6 is 0 Å². The molecule has 2 aromatic rings. The number of benzene rings is 1. The third-order valence-electron chi connectivity index (χ3n) is 2.83. The van der Waals surface area contributed by atoms with Gasteiger partial charge in [-0.05, 0) is 12.1 Å². The van der Waals surface area contributed by atoms with Crippen molar-refractivity contribution in [1.82, 2.24) is 15.1 Å². The fourth-order valence-corrected chi connectivity index (χ4v) is 1.94. The number of methoxy groups -OCH3 is 1. The summed E-state index contributed by atoms with van der Waals surface area (Å²) in [4.78, 5) is 0. The van der Waals surface area contributed by atoms with E-state index in [9.17, 15) is 4.39 Å². The van der Waals surface area contributed by atoms with E-state index >= 15 is 0 Å². The van der Waals surface area contributed by atoms with Gasteiger partial charge >= 0.3 is 0 Å². The van der Waals surface area contributed by atoms with Crippen molar-refractivity contribution in [3.8, 4) is 11.3 Å². The summed E-state index contributed by atoms with van der Waals surface area (Å²) in [7, 11) is 3.50. The second kappa shape index (κ2) is 6.45. The van der Waals surface area contributed by atoms with Gasteiger partial charge in [-0.2, -0.15) is 5.10 Å². The molecule has 0 saturated carbocycles. The summed E-state index contributed by atoms with van der Waals surface area (Å²) in [6.07, 6.45) is 1.90. The summed E-state index contributed by atoms with van der Waals surface area (Å²) >= 11 is 0. The number of nitrogens with zero attached hydrogens (tertiary/aromatic N) is 2. The van der Waals surface area contributed by atoms with Crippen molar-refractivity contribution >= 4 is 0 Å². The first-order valence-corrected chi connectivity index (χ1v) is 6.19. The highest BCUT2D eigenvalue weighted by Crippen LogP contribution is 2.24. The predicted octanol–water partition coefficient (Wildman–Crippen LogP) is 1.96. The van der Waals surface area contributed by atoms with Crippen molar-refractivity contribution < 1.29 is 9.13 Å². The van der Waals surface area contributed by atoms with Crippen LogP contribution in [0.4, 0.5) is 4.39 Å². The van der Waals surface area contributed by atoms with E-state index in [1.54, 1.807) is 23.9 Å². The van der Waals surface area contributed by atoms with Gasteiger partial charge in [0.15, 0.2) is 0 Å². The highest BCUT2D eigenvalue weighted by Gasteiger charge is 2.13. The van der Waals surface area contributed by atoms with Gasteiger partial charge < -0.3 is 10.1 Å². The minimum Gasteiger partial charge on any atom is -0.383 e. The van der Waals surface area contributed by atoms with Gasteiger partial charge in [0.2, 0.25) is 0 Å². The first-order valence-electron chi connectivity index (χ1n) is 6.19. The molecular weight excluding hydrogens is 245 g/mol. The van der Waals surface area contributed by atoms with Crippen LogP contribution in [0.2, 0.25) is 0 Å². The maximum atomic E-state index is 13.8. The summed E-state index contributed by atoms with van der Waals surface area (Å²) in [5.74, 6) is -0.251. The zero-order valence-electron chi connectivity index (χ0n) is 11.2. The summed E-state index contributed by atoms with van der Waals surface area (Å²) in [6, 6.07) is 6.69. The zero-order valence-corrected chi connectivity index (χ0v) is 11.2. The van der Waals surface area contributed by atoms with Gasteiger partial charge in [0.1, 0.15) is 5.82 Å². The van der Waals surface area contributed by atoms with E-state index in [2.05, 4.69) is 10.4 Å². The Kier molecular flexibility index (Phi) is 4.65. The van der Waals surface area contributed by atoms with Crippen LogP contribution in [0.3, 0.4) is 0 Å². The van der Waals surface area contributed by atoms with Gasteiger partial charge in [-0.1, -0.05) is 12.1 Å². The molecule has 0 spiro atoms. The molecule has 1 aromatic heterocycles. The van der Waals surface area contributed by atoms with Gasteiger partial charge in [0.25, 0.3) is 0 Å². The Morgan fingerprint density at radius 1 is 1.37 bits per heavy atom. The number of halogens is 1. The largest absolute Gasteiger partial charge is 0.383 e. The molecule has 5 heteroatoms. The molecule has 0 saturated heterocycles. The van der Waals surface area contributed by atoms with Crippen molar-refractivity contribution in [3.05, 3.63) is 41.8 Å². The third kappa shape index (κ3) is 3.39. The number of hydrogen-bond donors (Lipinski definition) is 1. The van der Waals surface area contributed by atoms with Crippen molar-refractivity contribution in [2.45, 2.75) is 6.54 Å². The molecule has 1 N–H and O–H groups in total. The molecule has 4 nitrogen and oxygen atoms in total. The van der Waals surface area contributed by atoms with Crippen LogP contribution in [0.1, 0.15) is 5.56 Å². The van der Waals surface area contributed by atoms with Gasteiger partial charge in [-0.3, -0.25) is 4.68 Å². The van der Waals surface area contributed by atoms with Crippen LogP contribution in [-0.2, 0) is 18.3 Å². The summed E-state index contributed by atoms with van der Waals surface area (Å²) < 4.78 is 20.5. The van der Waals surface area contributed by atoms with E-state index in [1.165, 1.54) is 6.07 Å². The topological polar surface area (TPSA) is 39.1 Å². The maximum Gasteiger partial charge on any atom is 0.132 e. The van der Waals surface area contributed by atoms with Crippen LogP contribution in [0.25, 0.3) is 11.3 Å². The highest BCUT2D eigenvalue weighted by molar-refractivity contribution is 5.63. The van der Waals surface area contributed by atoms with E-state index < -0.39 is 0 Å². The first kappa shape index (κ1) is 13.7. The fraction of sp³-hybridized carbons (Fsp3) is 0.357. The lowest BCUT2D eigenvalue weighted by Crippen LogP contribution is -2.18. The van der Waals surface area contributed by atoms with Crippen LogP contribution < -0.4 is 5.32 Å². The Labute approximate surface area is 112 Å². The second-order valence-electron chi connectivity index (χ2n) is 4.33. The average molecular weight is 263 g/mol. The number of ether oxygens (including phenoxy) is 1. The van der Waals surface area contributed by atoms with Crippen molar-refractivity contribution in [2.24, 2.45) is 7.05 Å². The third-order valence-corrected chi connectivity index (χ3v) is 2.83. The molecule has 2 rings (SSSR count). The highest BCUT2D eigenvalue weighted by atomic mass is 19.1. The summed E-state index contributed by atoms with van der Waals surface area (Å²) in [5.41, 5.74) is 2.20. The second-order valence-corrected chi connectivity index (χ2v) is 4.33. The Morgan fingerprint density at radius 3 is 2.89 bits per heavy atom. The van der Waals surface area contributed by atoms with Gasteiger partial charge in [0, 0.05) is 44.6 Å². The quantitative estimate of drug-likeness (QED) is 0.810. The molecule has 1 heterocycles. The molecule has 1 aromatic carbocycles. The van der Waals surface area contributed by atoms with Gasteiger partial charge in [-0.15, -0.1) is 0 Å². The molecule has 19 heavy (non-hydrogen) atoms. The number of aryl methyl sites for hydroxylation is 1. The smallest absolute Gasteiger partial charge is 0.132 e. The lowest BCUT2D eigenvalue weighted by atomic mass is 10.1. The van der Waals surface area contributed by atoms with Gasteiger partial charge in [0.05, 0.1) is 12.3 Å². The lowest BCUT2D eigenvalue weighted by molar-refractivity contribution is 0.199. The zero-order chi connectivity index (χ0) is 13.7. The predicted molar refractivity (Wildman–Crippen MR) is 72.2 cm³/mol. The van der Waals surface area contributed by atoms with Crippen molar-refractivity contribution in [1.29, 1.82) is 0 Å². The van der Waals surface area contributed by atoms with Crippen molar-refractivity contribution in [3.63, 3.8) is 0 Å². The van der Waals surface area contributed by atoms with Crippen molar-refractivity contribution in [2.75, 3.05) is 20.3 Å². The standard InChI is InChI=1S/C14H18FN3O/c1-18-10-11(9-16-7-8-19-2)14(17-18)12-5-3-4-6-13(12)15/h3-6,10,16H,7-9H2,1-2H3. The van der Waals surface area contributed by atoms with E-state index in [0.29, 0.717) is 24.4 Å². The van der Waals surface area contributed by atoms with Crippen LogP contribution in [0.5, 0.6) is 0 Å². The SMILES string of the molecule is COCCNCc1cn(C)nc1-c1ccccc1F.